The highest BCUT2D eigenvalue weighted by Gasteiger charge is 2.34. The molecule has 0 bridgehead atoms. The van der Waals surface area contributed by atoms with Crippen molar-refractivity contribution in [1.29, 1.82) is 0 Å². The van der Waals surface area contributed by atoms with Crippen LogP contribution in [0, 0.1) is 5.41 Å². The molecule has 1 aliphatic carbocycles. The van der Waals surface area contributed by atoms with Gasteiger partial charge in [0.1, 0.15) is 0 Å². The Morgan fingerprint density at radius 3 is 2.41 bits per heavy atom. The van der Waals surface area contributed by atoms with E-state index in [-0.39, 0.29) is 11.3 Å². The second kappa shape index (κ2) is 5.67. The molecule has 0 heterocycles. The first-order valence-electron chi connectivity index (χ1n) is 6.55. The van der Waals surface area contributed by atoms with Crippen molar-refractivity contribution in [2.75, 3.05) is 6.54 Å². The number of carbonyl (C=O) groups excluding carboxylic acids is 1. The Morgan fingerprint density at radius 2 is 2.00 bits per heavy atom. The van der Waals surface area contributed by atoms with E-state index in [1.807, 2.05) is 25.7 Å². The largest absolute Gasteiger partial charge is 0.335 e. The van der Waals surface area contributed by atoms with Gasteiger partial charge in [-0.05, 0) is 18.3 Å². The zero-order valence-corrected chi connectivity index (χ0v) is 11.4. The van der Waals surface area contributed by atoms with Crippen LogP contribution >= 0.6 is 0 Å². The normalized spacial score (nSPS) is 19.1. The SMILES string of the molecule is C=CCN(C(=O)C(N)C(C)(C)C)C1CCCC1. The molecule has 1 unspecified atom stereocenters. The van der Waals surface area contributed by atoms with E-state index in [9.17, 15) is 4.79 Å². The maximum atomic E-state index is 12.4. The van der Waals surface area contributed by atoms with Gasteiger partial charge in [-0.2, -0.15) is 0 Å². The second-order valence-electron chi connectivity index (χ2n) is 6.06. The van der Waals surface area contributed by atoms with Gasteiger partial charge in [0.25, 0.3) is 0 Å². The molecule has 1 rings (SSSR count). The summed E-state index contributed by atoms with van der Waals surface area (Å²) in [6.07, 6.45) is 6.45. The van der Waals surface area contributed by atoms with Gasteiger partial charge in [-0.1, -0.05) is 39.7 Å². The first kappa shape index (κ1) is 14.2. The van der Waals surface area contributed by atoms with Crippen LogP contribution in [0.2, 0.25) is 0 Å². The van der Waals surface area contributed by atoms with Crippen molar-refractivity contribution in [3.05, 3.63) is 12.7 Å². The minimum absolute atomic E-state index is 0.0734. The third-order valence-corrected chi connectivity index (χ3v) is 3.57. The second-order valence-corrected chi connectivity index (χ2v) is 6.06. The molecule has 0 aromatic rings. The number of amides is 1. The fourth-order valence-corrected chi connectivity index (χ4v) is 2.32. The summed E-state index contributed by atoms with van der Waals surface area (Å²) < 4.78 is 0. The monoisotopic (exact) mass is 238 g/mol. The molecular formula is C14H26N2O. The standard InChI is InChI=1S/C14H26N2O/c1-5-10-16(11-8-6-7-9-11)13(17)12(15)14(2,3)4/h5,11-12H,1,6-10,15H2,2-4H3. The summed E-state index contributed by atoms with van der Waals surface area (Å²) in [6, 6.07) is -0.0584. The van der Waals surface area contributed by atoms with E-state index in [4.69, 9.17) is 5.73 Å². The summed E-state index contributed by atoms with van der Waals surface area (Å²) in [5.41, 5.74) is 5.88. The Kier molecular flexibility index (Phi) is 4.75. The predicted molar refractivity (Wildman–Crippen MR) is 71.6 cm³/mol. The Bertz CT molecular complexity index is 274. The van der Waals surface area contributed by atoms with Gasteiger partial charge in [0.2, 0.25) is 5.91 Å². The number of nitrogens with zero attached hydrogens (tertiary/aromatic N) is 1. The highest BCUT2D eigenvalue weighted by atomic mass is 16.2. The number of nitrogens with two attached hydrogens (primary N) is 1. The maximum absolute atomic E-state index is 12.4. The Morgan fingerprint density at radius 1 is 1.47 bits per heavy atom. The first-order chi connectivity index (χ1) is 7.88. The third-order valence-electron chi connectivity index (χ3n) is 3.57. The van der Waals surface area contributed by atoms with E-state index in [1.165, 1.54) is 12.8 Å². The highest BCUT2D eigenvalue weighted by Crippen LogP contribution is 2.26. The average molecular weight is 238 g/mol. The van der Waals surface area contributed by atoms with Gasteiger partial charge in [0, 0.05) is 12.6 Å². The smallest absolute Gasteiger partial charge is 0.240 e. The molecule has 0 spiro atoms. The van der Waals surface area contributed by atoms with Crippen molar-refractivity contribution < 1.29 is 4.79 Å². The number of hydrogen-bond donors (Lipinski definition) is 1. The van der Waals surface area contributed by atoms with Gasteiger partial charge >= 0.3 is 0 Å². The minimum atomic E-state index is -0.428. The molecule has 0 saturated heterocycles. The van der Waals surface area contributed by atoms with E-state index in [0.29, 0.717) is 12.6 Å². The van der Waals surface area contributed by atoms with Gasteiger partial charge in [-0.3, -0.25) is 4.79 Å². The lowest BCUT2D eigenvalue weighted by Gasteiger charge is -2.35. The molecule has 3 nitrogen and oxygen atoms in total. The van der Waals surface area contributed by atoms with Crippen LogP contribution in [0.5, 0.6) is 0 Å². The van der Waals surface area contributed by atoms with Gasteiger partial charge in [-0.25, -0.2) is 0 Å². The quantitative estimate of drug-likeness (QED) is 0.764. The lowest BCUT2D eigenvalue weighted by Crippen LogP contribution is -2.53. The molecule has 0 aromatic carbocycles. The Balaban J connectivity index is 2.75. The summed E-state index contributed by atoms with van der Waals surface area (Å²) in [5, 5.41) is 0. The molecule has 1 aliphatic rings. The lowest BCUT2D eigenvalue weighted by molar-refractivity contribution is -0.136. The van der Waals surface area contributed by atoms with Crippen molar-refractivity contribution in [2.24, 2.45) is 11.1 Å². The summed E-state index contributed by atoms with van der Waals surface area (Å²) >= 11 is 0. The molecule has 1 amide bonds. The van der Waals surface area contributed by atoms with Gasteiger partial charge < -0.3 is 10.6 Å². The van der Waals surface area contributed by atoms with E-state index >= 15 is 0 Å². The first-order valence-corrected chi connectivity index (χ1v) is 6.55. The van der Waals surface area contributed by atoms with Gasteiger partial charge in [0.15, 0.2) is 0 Å². The van der Waals surface area contributed by atoms with Crippen LogP contribution in [0.4, 0.5) is 0 Å². The van der Waals surface area contributed by atoms with Crippen LogP contribution in [0.25, 0.3) is 0 Å². The average Bonchev–Trinajstić information content (AvgIpc) is 2.75. The zero-order valence-electron chi connectivity index (χ0n) is 11.4. The van der Waals surface area contributed by atoms with Gasteiger partial charge in [0.05, 0.1) is 6.04 Å². The molecule has 1 fully saturated rings. The van der Waals surface area contributed by atoms with Crippen molar-refractivity contribution in [1.82, 2.24) is 4.90 Å². The van der Waals surface area contributed by atoms with Crippen LogP contribution in [-0.4, -0.2) is 29.4 Å². The van der Waals surface area contributed by atoms with Gasteiger partial charge in [-0.15, -0.1) is 6.58 Å². The van der Waals surface area contributed by atoms with Crippen molar-refractivity contribution in [2.45, 2.75) is 58.5 Å². The molecule has 3 heteroatoms. The van der Waals surface area contributed by atoms with Crippen molar-refractivity contribution in [3.63, 3.8) is 0 Å². The maximum Gasteiger partial charge on any atom is 0.240 e. The Labute approximate surface area is 105 Å². The lowest BCUT2D eigenvalue weighted by atomic mass is 9.86. The fourth-order valence-electron chi connectivity index (χ4n) is 2.32. The molecule has 0 aromatic heterocycles. The number of hydrogen-bond acceptors (Lipinski definition) is 2. The third kappa shape index (κ3) is 3.56. The molecule has 98 valence electrons. The number of rotatable bonds is 4. The molecule has 1 atom stereocenters. The van der Waals surface area contributed by atoms with E-state index in [0.717, 1.165) is 12.8 Å². The molecule has 2 N–H and O–H groups in total. The molecule has 1 saturated carbocycles. The van der Waals surface area contributed by atoms with Crippen LogP contribution in [0.15, 0.2) is 12.7 Å². The molecule has 17 heavy (non-hydrogen) atoms. The van der Waals surface area contributed by atoms with E-state index in [1.54, 1.807) is 6.08 Å². The van der Waals surface area contributed by atoms with Crippen LogP contribution < -0.4 is 5.73 Å². The predicted octanol–water partition coefficient (Wildman–Crippen LogP) is 2.32. The molecule has 0 radical (unpaired) electrons. The molecular weight excluding hydrogens is 212 g/mol. The molecule has 0 aliphatic heterocycles. The zero-order chi connectivity index (χ0) is 13.1. The van der Waals surface area contributed by atoms with E-state index in [2.05, 4.69) is 6.58 Å². The van der Waals surface area contributed by atoms with Crippen molar-refractivity contribution >= 4 is 5.91 Å². The highest BCUT2D eigenvalue weighted by molar-refractivity contribution is 5.83. The topological polar surface area (TPSA) is 46.3 Å². The van der Waals surface area contributed by atoms with E-state index < -0.39 is 6.04 Å². The number of carbonyl (C=O) groups is 1. The van der Waals surface area contributed by atoms with Crippen molar-refractivity contribution in [3.8, 4) is 0 Å². The van der Waals surface area contributed by atoms with Crippen LogP contribution in [0.1, 0.15) is 46.5 Å². The fraction of sp³-hybridized carbons (Fsp3) is 0.786. The Hall–Kier alpha value is -0.830. The summed E-state index contributed by atoms with van der Waals surface area (Å²) in [5.74, 6) is 0.0734. The summed E-state index contributed by atoms with van der Waals surface area (Å²) in [6.45, 7) is 10.4. The minimum Gasteiger partial charge on any atom is -0.335 e. The summed E-state index contributed by atoms with van der Waals surface area (Å²) in [4.78, 5) is 14.3. The van der Waals surface area contributed by atoms with Crippen LogP contribution in [-0.2, 0) is 4.79 Å². The summed E-state index contributed by atoms with van der Waals surface area (Å²) in [7, 11) is 0. The van der Waals surface area contributed by atoms with Crippen LogP contribution in [0.3, 0.4) is 0 Å².